The molecule has 26 heavy (non-hydrogen) atoms. The fraction of sp³-hybridized carbons (Fsp3) is 0.381. The summed E-state index contributed by atoms with van der Waals surface area (Å²) >= 11 is 0. The summed E-state index contributed by atoms with van der Waals surface area (Å²) < 4.78 is 13.2. The van der Waals surface area contributed by atoms with Crippen LogP contribution in [0, 0.1) is 5.82 Å². The van der Waals surface area contributed by atoms with Gasteiger partial charge in [0.2, 0.25) is 5.91 Å². The lowest BCUT2D eigenvalue weighted by atomic mass is 10.1. The van der Waals surface area contributed by atoms with Crippen molar-refractivity contribution < 1.29 is 14.3 Å². The molecule has 1 atom stereocenters. The number of amides is 1. The summed E-state index contributed by atoms with van der Waals surface area (Å²) in [7, 11) is 0. The number of aliphatic hydroxyl groups is 1. The van der Waals surface area contributed by atoms with E-state index >= 15 is 0 Å². The van der Waals surface area contributed by atoms with Gasteiger partial charge < -0.3 is 10.0 Å². The van der Waals surface area contributed by atoms with Crippen LogP contribution < -0.4 is 0 Å². The fourth-order valence-corrected chi connectivity index (χ4v) is 3.31. The van der Waals surface area contributed by atoms with Gasteiger partial charge in [0, 0.05) is 39.1 Å². The molecule has 1 N–H and O–H groups in total. The predicted molar refractivity (Wildman–Crippen MR) is 99.1 cm³/mol. The second-order valence-corrected chi connectivity index (χ2v) is 6.74. The Bertz CT molecular complexity index is 715. The van der Waals surface area contributed by atoms with Crippen LogP contribution in [0.5, 0.6) is 0 Å². The molecule has 3 rings (SSSR count). The van der Waals surface area contributed by atoms with E-state index in [4.69, 9.17) is 0 Å². The Labute approximate surface area is 153 Å². The van der Waals surface area contributed by atoms with Crippen LogP contribution >= 0.6 is 0 Å². The van der Waals surface area contributed by atoms with Gasteiger partial charge in [-0.15, -0.1) is 0 Å². The topological polar surface area (TPSA) is 43.8 Å². The van der Waals surface area contributed by atoms with Crippen LogP contribution in [-0.4, -0.2) is 53.5 Å². The van der Waals surface area contributed by atoms with Crippen molar-refractivity contribution in [3.63, 3.8) is 0 Å². The van der Waals surface area contributed by atoms with Gasteiger partial charge in [-0.05, 0) is 29.7 Å². The number of hydrogen-bond acceptors (Lipinski definition) is 3. The van der Waals surface area contributed by atoms with E-state index in [-0.39, 0.29) is 11.7 Å². The lowest BCUT2D eigenvalue weighted by Crippen LogP contribution is -2.49. The molecule has 0 bridgehead atoms. The molecule has 2 aromatic rings. The van der Waals surface area contributed by atoms with Crippen molar-refractivity contribution in [1.29, 1.82) is 0 Å². The maximum absolute atomic E-state index is 13.2. The van der Waals surface area contributed by atoms with Crippen LogP contribution in [0.2, 0.25) is 0 Å². The van der Waals surface area contributed by atoms with E-state index in [9.17, 15) is 14.3 Å². The molecule has 138 valence electrons. The summed E-state index contributed by atoms with van der Waals surface area (Å²) in [6, 6.07) is 16.1. The molecule has 1 unspecified atom stereocenters. The molecule has 5 heteroatoms. The van der Waals surface area contributed by atoms with Gasteiger partial charge in [-0.25, -0.2) is 4.39 Å². The summed E-state index contributed by atoms with van der Waals surface area (Å²) in [6.45, 7) is 3.44. The molecule has 4 nitrogen and oxygen atoms in total. The average Bonchev–Trinajstić information content (AvgIpc) is 2.67. The average molecular weight is 356 g/mol. The molecule has 1 amide bonds. The lowest BCUT2D eigenvalue weighted by Gasteiger charge is -2.35. The standard InChI is InChI=1S/C21H25FN2O2/c22-19-8-4-5-17(15-19)9-10-21(26)24-13-11-23(12-14-24)16-20(25)18-6-2-1-3-7-18/h1-8,15,20,25H,9-14,16H2. The van der Waals surface area contributed by atoms with Gasteiger partial charge in [0.1, 0.15) is 5.82 Å². The van der Waals surface area contributed by atoms with E-state index in [0.717, 1.165) is 24.2 Å². The summed E-state index contributed by atoms with van der Waals surface area (Å²) in [5.74, 6) is -0.155. The number of benzene rings is 2. The third-order valence-corrected chi connectivity index (χ3v) is 4.86. The minimum Gasteiger partial charge on any atom is -0.387 e. The van der Waals surface area contributed by atoms with E-state index in [1.165, 1.54) is 12.1 Å². The number of halogens is 1. The van der Waals surface area contributed by atoms with Gasteiger partial charge >= 0.3 is 0 Å². The van der Waals surface area contributed by atoms with Crippen LogP contribution in [0.1, 0.15) is 23.7 Å². The number of nitrogens with zero attached hydrogens (tertiary/aromatic N) is 2. The molecular formula is C21H25FN2O2. The number of piperazine rings is 1. The quantitative estimate of drug-likeness (QED) is 0.865. The summed E-state index contributed by atoms with van der Waals surface area (Å²) in [6.07, 6.45) is 0.450. The van der Waals surface area contributed by atoms with Gasteiger partial charge in [-0.1, -0.05) is 42.5 Å². The largest absolute Gasteiger partial charge is 0.387 e. The Morgan fingerprint density at radius 1 is 1.04 bits per heavy atom. The highest BCUT2D eigenvalue weighted by Gasteiger charge is 2.22. The summed E-state index contributed by atoms with van der Waals surface area (Å²) in [4.78, 5) is 16.4. The Morgan fingerprint density at radius 2 is 1.77 bits per heavy atom. The third kappa shape index (κ3) is 5.13. The molecule has 1 aliphatic rings. The van der Waals surface area contributed by atoms with Crippen molar-refractivity contribution >= 4 is 5.91 Å². The van der Waals surface area contributed by atoms with Gasteiger partial charge in [0.15, 0.2) is 0 Å². The minimum atomic E-state index is -0.508. The normalized spacial score (nSPS) is 16.5. The van der Waals surface area contributed by atoms with Crippen molar-refractivity contribution in [2.75, 3.05) is 32.7 Å². The van der Waals surface area contributed by atoms with E-state index in [0.29, 0.717) is 32.5 Å². The molecule has 1 heterocycles. The van der Waals surface area contributed by atoms with Gasteiger partial charge in [-0.2, -0.15) is 0 Å². The maximum Gasteiger partial charge on any atom is 0.222 e. The highest BCUT2D eigenvalue weighted by atomic mass is 19.1. The van der Waals surface area contributed by atoms with E-state index in [1.54, 1.807) is 6.07 Å². The molecule has 0 aromatic heterocycles. The Hall–Kier alpha value is -2.24. The Kier molecular flexibility index (Phi) is 6.36. The Morgan fingerprint density at radius 3 is 2.46 bits per heavy atom. The maximum atomic E-state index is 13.2. The molecular weight excluding hydrogens is 331 g/mol. The minimum absolute atomic E-state index is 0.109. The smallest absolute Gasteiger partial charge is 0.222 e. The molecule has 1 fully saturated rings. The third-order valence-electron chi connectivity index (χ3n) is 4.86. The van der Waals surface area contributed by atoms with E-state index < -0.39 is 6.10 Å². The number of carbonyl (C=O) groups is 1. The molecule has 0 aliphatic carbocycles. The van der Waals surface area contributed by atoms with E-state index in [2.05, 4.69) is 4.90 Å². The van der Waals surface area contributed by atoms with Crippen molar-refractivity contribution in [1.82, 2.24) is 9.80 Å². The zero-order valence-corrected chi connectivity index (χ0v) is 14.9. The van der Waals surface area contributed by atoms with Crippen LogP contribution in [0.15, 0.2) is 54.6 Å². The number of β-amino-alcohol motifs (C(OH)–C–C–N with tert-alkyl or cyclic N) is 1. The Balaban J connectivity index is 1.42. The predicted octanol–water partition coefficient (Wildman–Crippen LogP) is 2.64. The van der Waals surface area contributed by atoms with Gasteiger partial charge in [0.25, 0.3) is 0 Å². The number of rotatable bonds is 6. The monoisotopic (exact) mass is 356 g/mol. The highest BCUT2D eigenvalue weighted by molar-refractivity contribution is 5.76. The first-order chi connectivity index (χ1) is 12.6. The second kappa shape index (κ2) is 8.92. The number of aryl methyl sites for hydroxylation is 1. The molecule has 1 saturated heterocycles. The van der Waals surface area contributed by atoms with Crippen molar-refractivity contribution in [2.24, 2.45) is 0 Å². The van der Waals surface area contributed by atoms with Crippen molar-refractivity contribution in [3.05, 3.63) is 71.5 Å². The zero-order valence-electron chi connectivity index (χ0n) is 14.9. The molecule has 0 saturated carbocycles. The second-order valence-electron chi connectivity index (χ2n) is 6.74. The SMILES string of the molecule is O=C(CCc1cccc(F)c1)N1CCN(CC(O)c2ccccc2)CC1. The molecule has 0 spiro atoms. The zero-order chi connectivity index (χ0) is 18.4. The first kappa shape index (κ1) is 18.5. The first-order valence-electron chi connectivity index (χ1n) is 9.09. The summed E-state index contributed by atoms with van der Waals surface area (Å²) in [5.41, 5.74) is 1.77. The van der Waals surface area contributed by atoms with Crippen LogP contribution in [0.4, 0.5) is 4.39 Å². The molecule has 0 radical (unpaired) electrons. The molecule has 2 aromatic carbocycles. The fourth-order valence-electron chi connectivity index (χ4n) is 3.31. The highest BCUT2D eigenvalue weighted by Crippen LogP contribution is 2.15. The van der Waals surface area contributed by atoms with Crippen molar-refractivity contribution in [3.8, 4) is 0 Å². The van der Waals surface area contributed by atoms with Gasteiger partial charge in [-0.3, -0.25) is 9.69 Å². The van der Waals surface area contributed by atoms with Crippen molar-refractivity contribution in [2.45, 2.75) is 18.9 Å². The van der Waals surface area contributed by atoms with Crippen LogP contribution in [0.25, 0.3) is 0 Å². The van der Waals surface area contributed by atoms with Gasteiger partial charge in [0.05, 0.1) is 6.10 Å². The summed E-state index contributed by atoms with van der Waals surface area (Å²) in [5, 5.41) is 10.3. The van der Waals surface area contributed by atoms with E-state index in [1.807, 2.05) is 41.3 Å². The number of hydrogen-bond donors (Lipinski definition) is 1. The lowest BCUT2D eigenvalue weighted by molar-refractivity contribution is -0.133. The first-order valence-corrected chi connectivity index (χ1v) is 9.09. The number of aliphatic hydroxyl groups excluding tert-OH is 1. The molecule has 1 aliphatic heterocycles. The number of carbonyl (C=O) groups excluding carboxylic acids is 1. The van der Waals surface area contributed by atoms with Crippen LogP contribution in [-0.2, 0) is 11.2 Å². The van der Waals surface area contributed by atoms with Crippen LogP contribution in [0.3, 0.4) is 0 Å².